The highest BCUT2D eigenvalue weighted by Gasteiger charge is 2.20. The average molecular weight is 378 g/mol. The van der Waals surface area contributed by atoms with Crippen LogP contribution in [-0.2, 0) is 14.3 Å². The molecular weight excluding hydrogens is 356 g/mol. The Bertz CT molecular complexity index is 894. The van der Waals surface area contributed by atoms with E-state index in [9.17, 15) is 14.9 Å². The summed E-state index contributed by atoms with van der Waals surface area (Å²) in [5.74, 6) is -0.638. The van der Waals surface area contributed by atoms with Gasteiger partial charge >= 0.3 is 5.97 Å². The minimum absolute atomic E-state index is 0.195. The maximum absolute atomic E-state index is 12.2. The fraction of sp³-hybridized carbons (Fsp3) is 0.227. The van der Waals surface area contributed by atoms with Crippen molar-refractivity contribution in [3.63, 3.8) is 0 Å². The normalized spacial score (nSPS) is 11.9. The second kappa shape index (κ2) is 9.93. The van der Waals surface area contributed by atoms with Crippen LogP contribution in [0.1, 0.15) is 25.0 Å². The van der Waals surface area contributed by atoms with Gasteiger partial charge in [0.05, 0.1) is 6.61 Å². The van der Waals surface area contributed by atoms with Crippen molar-refractivity contribution in [3.8, 4) is 11.8 Å². The first-order chi connectivity index (χ1) is 13.4. The molecule has 0 aliphatic heterocycles. The minimum Gasteiger partial charge on any atom is -0.494 e. The Morgan fingerprint density at radius 1 is 1.14 bits per heavy atom. The Morgan fingerprint density at radius 2 is 1.79 bits per heavy atom. The molecule has 0 heterocycles. The molecule has 28 heavy (non-hydrogen) atoms. The molecule has 0 aliphatic rings. The van der Waals surface area contributed by atoms with Gasteiger partial charge in [-0.25, -0.2) is 4.79 Å². The number of ether oxygens (including phenoxy) is 2. The van der Waals surface area contributed by atoms with Gasteiger partial charge in [0.2, 0.25) is 0 Å². The van der Waals surface area contributed by atoms with Crippen LogP contribution in [0.3, 0.4) is 0 Å². The molecule has 0 radical (unpaired) electrons. The number of hydrogen-bond donors (Lipinski definition) is 1. The van der Waals surface area contributed by atoms with Crippen LogP contribution >= 0.6 is 0 Å². The molecule has 2 aromatic rings. The van der Waals surface area contributed by atoms with E-state index in [0.717, 1.165) is 5.56 Å². The Labute approximate surface area is 164 Å². The highest BCUT2D eigenvalue weighted by molar-refractivity contribution is 6.01. The summed E-state index contributed by atoms with van der Waals surface area (Å²) in [6.45, 7) is 5.82. The van der Waals surface area contributed by atoms with E-state index in [1.165, 1.54) is 13.0 Å². The van der Waals surface area contributed by atoms with Crippen molar-refractivity contribution in [2.45, 2.75) is 26.9 Å². The molecule has 0 unspecified atom stereocenters. The number of amides is 1. The third-order valence-corrected chi connectivity index (χ3v) is 3.81. The second-order valence-corrected chi connectivity index (χ2v) is 6.07. The lowest BCUT2D eigenvalue weighted by Gasteiger charge is -2.13. The van der Waals surface area contributed by atoms with Crippen LogP contribution in [0.5, 0.6) is 5.75 Å². The summed E-state index contributed by atoms with van der Waals surface area (Å²) in [4.78, 5) is 24.4. The van der Waals surface area contributed by atoms with Crippen molar-refractivity contribution in [1.82, 2.24) is 0 Å². The zero-order chi connectivity index (χ0) is 20.5. The maximum Gasteiger partial charge on any atom is 0.349 e. The van der Waals surface area contributed by atoms with E-state index in [1.54, 1.807) is 36.4 Å². The minimum atomic E-state index is -1.05. The number of benzene rings is 2. The zero-order valence-electron chi connectivity index (χ0n) is 16.1. The van der Waals surface area contributed by atoms with E-state index < -0.39 is 18.0 Å². The van der Waals surface area contributed by atoms with E-state index >= 15 is 0 Å². The summed E-state index contributed by atoms with van der Waals surface area (Å²) >= 11 is 0. The molecule has 0 saturated heterocycles. The molecule has 0 aliphatic carbocycles. The smallest absolute Gasteiger partial charge is 0.349 e. The second-order valence-electron chi connectivity index (χ2n) is 6.07. The predicted molar refractivity (Wildman–Crippen MR) is 107 cm³/mol. The molecule has 2 rings (SSSR count). The van der Waals surface area contributed by atoms with E-state index in [4.69, 9.17) is 9.47 Å². The lowest BCUT2D eigenvalue weighted by Crippen LogP contribution is -2.30. The fourth-order valence-electron chi connectivity index (χ4n) is 2.29. The number of anilines is 1. The van der Waals surface area contributed by atoms with Gasteiger partial charge in [-0.2, -0.15) is 5.26 Å². The Balaban J connectivity index is 2.00. The van der Waals surface area contributed by atoms with E-state index in [0.29, 0.717) is 23.6 Å². The third-order valence-electron chi connectivity index (χ3n) is 3.81. The number of esters is 1. The van der Waals surface area contributed by atoms with Crippen molar-refractivity contribution in [3.05, 3.63) is 65.2 Å². The third kappa shape index (κ3) is 5.99. The van der Waals surface area contributed by atoms with Crippen molar-refractivity contribution in [2.24, 2.45) is 0 Å². The number of aryl methyl sites for hydroxylation is 1. The number of nitriles is 1. The molecule has 0 saturated carbocycles. The van der Waals surface area contributed by atoms with Gasteiger partial charge in [0.25, 0.3) is 5.91 Å². The van der Waals surface area contributed by atoms with Gasteiger partial charge in [-0.05, 0) is 56.7 Å². The van der Waals surface area contributed by atoms with Gasteiger partial charge in [-0.1, -0.05) is 29.8 Å². The standard InChI is InChI=1S/C22H22N2O4/c1-4-27-20-11-7-17(8-12-20)13-18(14-23)22(26)28-16(3)21(25)24-19-9-5-15(2)6-10-19/h5-13,16H,4H2,1-3H3,(H,24,25)/b18-13+/t16-/m0/s1. The molecule has 0 bridgehead atoms. The number of carbonyl (C=O) groups is 2. The van der Waals surface area contributed by atoms with Crippen LogP contribution in [0.2, 0.25) is 0 Å². The lowest BCUT2D eigenvalue weighted by molar-refractivity contribution is -0.148. The Hall–Kier alpha value is -3.59. The zero-order valence-corrected chi connectivity index (χ0v) is 16.1. The summed E-state index contributed by atoms with van der Waals surface area (Å²) < 4.78 is 10.5. The molecule has 0 spiro atoms. The number of nitrogens with one attached hydrogen (secondary N) is 1. The highest BCUT2D eigenvalue weighted by Crippen LogP contribution is 2.16. The van der Waals surface area contributed by atoms with Crippen molar-refractivity contribution < 1.29 is 19.1 Å². The van der Waals surface area contributed by atoms with Gasteiger partial charge in [-0.3, -0.25) is 4.79 Å². The average Bonchev–Trinajstić information content (AvgIpc) is 2.69. The van der Waals surface area contributed by atoms with Gasteiger partial charge in [0.15, 0.2) is 6.10 Å². The predicted octanol–water partition coefficient (Wildman–Crippen LogP) is 3.87. The van der Waals surface area contributed by atoms with Crippen LogP contribution in [0, 0.1) is 18.3 Å². The van der Waals surface area contributed by atoms with Crippen molar-refractivity contribution >= 4 is 23.6 Å². The van der Waals surface area contributed by atoms with Gasteiger partial charge < -0.3 is 14.8 Å². The number of hydrogen-bond acceptors (Lipinski definition) is 5. The molecule has 144 valence electrons. The van der Waals surface area contributed by atoms with Crippen LogP contribution in [-0.4, -0.2) is 24.6 Å². The fourth-order valence-corrected chi connectivity index (χ4v) is 2.29. The molecule has 6 nitrogen and oxygen atoms in total. The summed E-state index contributed by atoms with van der Waals surface area (Å²) in [5.41, 5.74) is 2.12. The summed E-state index contributed by atoms with van der Waals surface area (Å²) in [6.07, 6.45) is 0.355. The molecule has 0 aromatic heterocycles. The summed E-state index contributed by atoms with van der Waals surface area (Å²) in [6, 6.07) is 16.0. The molecule has 1 amide bonds. The number of nitrogens with zero attached hydrogens (tertiary/aromatic N) is 1. The number of carbonyl (C=O) groups excluding carboxylic acids is 2. The van der Waals surface area contributed by atoms with Crippen LogP contribution in [0.25, 0.3) is 6.08 Å². The monoisotopic (exact) mass is 378 g/mol. The first kappa shape index (κ1) is 20.7. The molecule has 1 atom stereocenters. The largest absolute Gasteiger partial charge is 0.494 e. The summed E-state index contributed by atoms with van der Waals surface area (Å²) in [5, 5.41) is 11.9. The van der Waals surface area contributed by atoms with Crippen molar-refractivity contribution in [2.75, 3.05) is 11.9 Å². The first-order valence-electron chi connectivity index (χ1n) is 8.86. The van der Waals surface area contributed by atoms with Crippen LogP contribution in [0.15, 0.2) is 54.1 Å². The van der Waals surface area contributed by atoms with Crippen molar-refractivity contribution in [1.29, 1.82) is 5.26 Å². The highest BCUT2D eigenvalue weighted by atomic mass is 16.5. The topological polar surface area (TPSA) is 88.4 Å². The van der Waals surface area contributed by atoms with Gasteiger partial charge in [-0.15, -0.1) is 0 Å². The summed E-state index contributed by atoms with van der Waals surface area (Å²) in [7, 11) is 0. The maximum atomic E-state index is 12.2. The van der Waals surface area contributed by atoms with Gasteiger partial charge in [0, 0.05) is 5.69 Å². The lowest BCUT2D eigenvalue weighted by atomic mass is 10.1. The quantitative estimate of drug-likeness (QED) is 0.449. The molecule has 2 aromatic carbocycles. The molecule has 0 fully saturated rings. The first-order valence-corrected chi connectivity index (χ1v) is 8.86. The Kier molecular flexibility index (Phi) is 7.35. The molecular formula is C22H22N2O4. The van der Waals surface area contributed by atoms with Crippen LogP contribution in [0.4, 0.5) is 5.69 Å². The van der Waals surface area contributed by atoms with E-state index in [-0.39, 0.29) is 5.57 Å². The number of rotatable bonds is 7. The molecule has 1 N–H and O–H groups in total. The van der Waals surface area contributed by atoms with E-state index in [2.05, 4.69) is 5.32 Å². The van der Waals surface area contributed by atoms with Gasteiger partial charge in [0.1, 0.15) is 17.4 Å². The Morgan fingerprint density at radius 3 is 2.36 bits per heavy atom. The van der Waals surface area contributed by atoms with E-state index in [1.807, 2.05) is 32.0 Å². The van der Waals surface area contributed by atoms with Crippen LogP contribution < -0.4 is 10.1 Å². The SMILES string of the molecule is CCOc1ccc(/C=C(\C#N)C(=O)O[C@@H](C)C(=O)Nc2ccc(C)cc2)cc1. The molecule has 6 heteroatoms.